The Morgan fingerprint density at radius 2 is 2.05 bits per heavy atom. The maximum atomic E-state index is 11.9. The molecular weight excluding hydrogens is 244 g/mol. The maximum absolute atomic E-state index is 11.9. The molecule has 0 radical (unpaired) electrons. The SMILES string of the molecule is COC(=O)C1(Cc2ccc3[nH]c(=O)[nH]c3c2)CCC1. The molecule has 1 aromatic carbocycles. The summed E-state index contributed by atoms with van der Waals surface area (Å²) in [4.78, 5) is 28.6. The number of benzene rings is 1. The first-order chi connectivity index (χ1) is 9.13. The van der Waals surface area contributed by atoms with Gasteiger partial charge < -0.3 is 14.7 Å². The molecule has 5 nitrogen and oxygen atoms in total. The number of methoxy groups -OCH3 is 1. The van der Waals surface area contributed by atoms with Crippen molar-refractivity contribution in [2.24, 2.45) is 5.41 Å². The Morgan fingerprint density at radius 3 is 2.68 bits per heavy atom. The first kappa shape index (κ1) is 12.0. The summed E-state index contributed by atoms with van der Waals surface area (Å²) in [7, 11) is 1.44. The molecule has 0 spiro atoms. The second-order valence-electron chi connectivity index (χ2n) is 5.26. The zero-order valence-electron chi connectivity index (χ0n) is 10.8. The fourth-order valence-electron chi connectivity index (χ4n) is 2.85. The van der Waals surface area contributed by atoms with Crippen LogP contribution in [0.25, 0.3) is 11.0 Å². The van der Waals surface area contributed by atoms with E-state index in [-0.39, 0.29) is 17.1 Å². The minimum Gasteiger partial charge on any atom is -0.469 e. The Balaban J connectivity index is 1.92. The molecule has 0 amide bonds. The summed E-state index contributed by atoms with van der Waals surface area (Å²) in [5.41, 5.74) is 2.04. The molecule has 0 atom stereocenters. The summed E-state index contributed by atoms with van der Waals surface area (Å²) in [6, 6.07) is 5.75. The summed E-state index contributed by atoms with van der Waals surface area (Å²) in [6.07, 6.45) is 3.49. The third kappa shape index (κ3) is 1.95. The molecule has 1 aliphatic carbocycles. The predicted molar refractivity (Wildman–Crippen MR) is 70.9 cm³/mol. The Bertz CT molecular complexity index is 679. The quantitative estimate of drug-likeness (QED) is 0.825. The first-order valence-electron chi connectivity index (χ1n) is 6.42. The molecule has 5 heteroatoms. The van der Waals surface area contributed by atoms with Gasteiger partial charge >= 0.3 is 11.7 Å². The Labute approximate surface area is 110 Å². The highest BCUT2D eigenvalue weighted by molar-refractivity contribution is 5.79. The largest absolute Gasteiger partial charge is 0.469 e. The highest BCUT2D eigenvalue weighted by Gasteiger charge is 2.45. The Hall–Kier alpha value is -2.04. The van der Waals surface area contributed by atoms with E-state index in [2.05, 4.69) is 9.97 Å². The lowest BCUT2D eigenvalue weighted by Crippen LogP contribution is -2.40. The van der Waals surface area contributed by atoms with Crippen LogP contribution in [-0.4, -0.2) is 23.0 Å². The molecular formula is C14H16N2O3. The number of H-pyrrole nitrogens is 2. The molecule has 1 aromatic heterocycles. The van der Waals surface area contributed by atoms with Crippen molar-refractivity contribution in [1.82, 2.24) is 9.97 Å². The summed E-state index contributed by atoms with van der Waals surface area (Å²) in [5, 5.41) is 0. The molecule has 0 unspecified atom stereocenters. The molecule has 1 aliphatic rings. The Morgan fingerprint density at radius 1 is 1.32 bits per heavy atom. The van der Waals surface area contributed by atoms with Gasteiger partial charge in [0.15, 0.2) is 0 Å². The van der Waals surface area contributed by atoms with Gasteiger partial charge in [0.1, 0.15) is 0 Å². The zero-order valence-corrected chi connectivity index (χ0v) is 10.8. The third-order valence-electron chi connectivity index (χ3n) is 4.05. The van der Waals surface area contributed by atoms with E-state index in [1.807, 2.05) is 18.2 Å². The van der Waals surface area contributed by atoms with Crippen LogP contribution in [0.15, 0.2) is 23.0 Å². The maximum Gasteiger partial charge on any atom is 0.323 e. The highest BCUT2D eigenvalue weighted by Crippen LogP contribution is 2.44. The number of carbonyl (C=O) groups excluding carboxylic acids is 1. The standard InChI is InChI=1S/C14H16N2O3/c1-19-12(17)14(5-2-6-14)8-9-3-4-10-11(7-9)16-13(18)15-10/h3-4,7H,2,5-6,8H2,1H3,(H2,15,16,18). The smallest absolute Gasteiger partial charge is 0.323 e. The van der Waals surface area contributed by atoms with E-state index in [9.17, 15) is 9.59 Å². The van der Waals surface area contributed by atoms with Crippen LogP contribution >= 0.6 is 0 Å². The van der Waals surface area contributed by atoms with Crippen LogP contribution in [0.3, 0.4) is 0 Å². The molecule has 2 aromatic rings. The van der Waals surface area contributed by atoms with E-state index in [0.29, 0.717) is 6.42 Å². The van der Waals surface area contributed by atoms with E-state index in [4.69, 9.17) is 4.74 Å². The summed E-state index contributed by atoms with van der Waals surface area (Å²) in [5.74, 6) is -0.124. The average Bonchev–Trinajstić information content (AvgIpc) is 2.72. The molecule has 3 rings (SSSR count). The molecule has 0 saturated heterocycles. The normalized spacial score (nSPS) is 17.1. The molecule has 2 N–H and O–H groups in total. The third-order valence-corrected chi connectivity index (χ3v) is 4.05. The van der Waals surface area contributed by atoms with Crippen molar-refractivity contribution in [3.63, 3.8) is 0 Å². The molecule has 1 saturated carbocycles. The van der Waals surface area contributed by atoms with Gasteiger partial charge in [-0.3, -0.25) is 4.79 Å². The van der Waals surface area contributed by atoms with Crippen molar-refractivity contribution in [2.45, 2.75) is 25.7 Å². The number of rotatable bonds is 3. The fourth-order valence-corrected chi connectivity index (χ4v) is 2.85. The van der Waals surface area contributed by atoms with Gasteiger partial charge in [-0.05, 0) is 37.0 Å². The first-order valence-corrected chi connectivity index (χ1v) is 6.42. The number of imidazole rings is 1. The fraction of sp³-hybridized carbons (Fsp3) is 0.429. The number of hydrogen-bond acceptors (Lipinski definition) is 3. The van der Waals surface area contributed by atoms with E-state index in [1.54, 1.807) is 0 Å². The van der Waals surface area contributed by atoms with E-state index >= 15 is 0 Å². The van der Waals surface area contributed by atoms with Gasteiger partial charge in [0.2, 0.25) is 0 Å². The molecule has 0 bridgehead atoms. The number of carbonyl (C=O) groups is 1. The lowest BCUT2D eigenvalue weighted by molar-refractivity contribution is -0.158. The monoisotopic (exact) mass is 260 g/mol. The van der Waals surface area contributed by atoms with Gasteiger partial charge in [0.05, 0.1) is 23.6 Å². The minimum atomic E-state index is -0.362. The molecule has 1 heterocycles. The van der Waals surface area contributed by atoms with Crippen molar-refractivity contribution in [3.05, 3.63) is 34.2 Å². The van der Waals surface area contributed by atoms with Gasteiger partial charge in [0, 0.05) is 0 Å². The topological polar surface area (TPSA) is 75.0 Å². The van der Waals surface area contributed by atoms with Crippen LogP contribution in [0.5, 0.6) is 0 Å². The second-order valence-corrected chi connectivity index (χ2v) is 5.26. The predicted octanol–water partition coefficient (Wildman–Crippen LogP) is 1.74. The second kappa shape index (κ2) is 4.26. The van der Waals surface area contributed by atoms with E-state index in [1.165, 1.54) is 7.11 Å². The number of aromatic amines is 2. The van der Waals surface area contributed by atoms with Crippen molar-refractivity contribution in [1.29, 1.82) is 0 Å². The van der Waals surface area contributed by atoms with Crippen LogP contribution in [0.2, 0.25) is 0 Å². The van der Waals surface area contributed by atoms with Crippen LogP contribution in [0.1, 0.15) is 24.8 Å². The number of ether oxygens (including phenoxy) is 1. The lowest BCUT2D eigenvalue weighted by atomic mass is 9.65. The number of nitrogens with one attached hydrogen (secondary N) is 2. The molecule has 1 fully saturated rings. The number of esters is 1. The van der Waals surface area contributed by atoms with Crippen molar-refractivity contribution < 1.29 is 9.53 Å². The lowest BCUT2D eigenvalue weighted by Gasteiger charge is -2.39. The summed E-state index contributed by atoms with van der Waals surface area (Å²) >= 11 is 0. The molecule has 19 heavy (non-hydrogen) atoms. The van der Waals surface area contributed by atoms with E-state index in [0.717, 1.165) is 35.9 Å². The zero-order chi connectivity index (χ0) is 13.5. The van der Waals surface area contributed by atoms with Gasteiger partial charge in [-0.1, -0.05) is 12.5 Å². The minimum absolute atomic E-state index is 0.124. The number of aromatic nitrogens is 2. The Kier molecular flexibility index (Phi) is 2.69. The van der Waals surface area contributed by atoms with Crippen LogP contribution in [0.4, 0.5) is 0 Å². The van der Waals surface area contributed by atoms with E-state index < -0.39 is 0 Å². The van der Waals surface area contributed by atoms with Crippen LogP contribution in [0, 0.1) is 5.41 Å². The average molecular weight is 260 g/mol. The van der Waals surface area contributed by atoms with Gasteiger partial charge in [-0.15, -0.1) is 0 Å². The highest BCUT2D eigenvalue weighted by atomic mass is 16.5. The van der Waals surface area contributed by atoms with Crippen LogP contribution < -0.4 is 5.69 Å². The van der Waals surface area contributed by atoms with Crippen molar-refractivity contribution >= 4 is 17.0 Å². The van der Waals surface area contributed by atoms with Gasteiger partial charge in [-0.2, -0.15) is 0 Å². The number of hydrogen-bond donors (Lipinski definition) is 2. The van der Waals surface area contributed by atoms with Gasteiger partial charge in [-0.25, -0.2) is 4.79 Å². The number of fused-ring (bicyclic) bond motifs is 1. The summed E-state index contributed by atoms with van der Waals surface area (Å²) < 4.78 is 4.92. The molecule has 100 valence electrons. The van der Waals surface area contributed by atoms with Crippen molar-refractivity contribution in [3.8, 4) is 0 Å². The molecule has 0 aliphatic heterocycles. The van der Waals surface area contributed by atoms with Gasteiger partial charge in [0.25, 0.3) is 0 Å². The van der Waals surface area contributed by atoms with Crippen LogP contribution in [-0.2, 0) is 16.0 Å². The summed E-state index contributed by atoms with van der Waals surface area (Å²) in [6.45, 7) is 0. The van der Waals surface area contributed by atoms with Crippen molar-refractivity contribution in [2.75, 3.05) is 7.11 Å².